The molecule has 3 aromatic carbocycles. The van der Waals surface area contributed by atoms with E-state index < -0.39 is 5.82 Å². The second kappa shape index (κ2) is 11.8. The summed E-state index contributed by atoms with van der Waals surface area (Å²) >= 11 is 0. The molecule has 2 aliphatic rings. The van der Waals surface area contributed by atoms with Gasteiger partial charge in [-0.1, -0.05) is 6.92 Å². The predicted molar refractivity (Wildman–Crippen MR) is 155 cm³/mol. The Morgan fingerprint density at radius 3 is 2.45 bits per heavy atom. The lowest BCUT2D eigenvalue weighted by Crippen LogP contribution is -2.32. The first kappa shape index (κ1) is 27.2. The molecule has 0 saturated heterocycles. The molecule has 5 rings (SSSR count). The second-order valence-electron chi connectivity index (χ2n) is 9.98. The van der Waals surface area contributed by atoms with Crippen molar-refractivity contribution in [3.8, 4) is 11.5 Å². The van der Waals surface area contributed by atoms with Gasteiger partial charge < -0.3 is 29.9 Å². The quantitative estimate of drug-likeness (QED) is 0.359. The monoisotopic (exact) mass is 544 g/mol. The molecule has 2 amide bonds. The van der Waals surface area contributed by atoms with Crippen LogP contribution >= 0.6 is 0 Å². The van der Waals surface area contributed by atoms with E-state index in [9.17, 15) is 14.0 Å². The van der Waals surface area contributed by atoms with Gasteiger partial charge in [0.25, 0.3) is 5.91 Å². The van der Waals surface area contributed by atoms with Crippen LogP contribution in [-0.4, -0.2) is 57.1 Å². The zero-order valence-electron chi connectivity index (χ0n) is 22.9. The average molecular weight is 545 g/mol. The Balaban J connectivity index is 1.51. The van der Waals surface area contributed by atoms with Crippen molar-refractivity contribution in [2.45, 2.75) is 19.8 Å². The Kier molecular flexibility index (Phi) is 8.02. The molecule has 9 heteroatoms. The molecule has 208 valence electrons. The smallest absolute Gasteiger partial charge is 0.258 e. The molecule has 3 aromatic rings. The standard InChI is InChI=1S/C31H33FN4O4/c1-4-28(37)36(15-5-14-35(2)3)23-10-8-22(9-11-23)33-30(20-6-13-26-27(18-20)40-17-16-39-26)29-24-12-7-21(32)19-25(24)34-31(29)38/h6-13,18-19,33H,4-5,14-17H2,1-3H3,(H,34,38). The first-order chi connectivity index (χ1) is 19.3. The summed E-state index contributed by atoms with van der Waals surface area (Å²) in [5.41, 5.74) is 4.19. The maximum Gasteiger partial charge on any atom is 0.258 e. The van der Waals surface area contributed by atoms with E-state index in [4.69, 9.17) is 9.47 Å². The summed E-state index contributed by atoms with van der Waals surface area (Å²) in [5.74, 6) is 0.516. The minimum absolute atomic E-state index is 0.0602. The summed E-state index contributed by atoms with van der Waals surface area (Å²) in [6.45, 7) is 4.27. The van der Waals surface area contributed by atoms with Gasteiger partial charge in [0.05, 0.1) is 17.0 Å². The number of amides is 2. The van der Waals surface area contributed by atoms with E-state index in [0.717, 1.165) is 24.3 Å². The van der Waals surface area contributed by atoms with Crippen LogP contribution in [-0.2, 0) is 9.59 Å². The van der Waals surface area contributed by atoms with Crippen LogP contribution in [0.1, 0.15) is 30.9 Å². The zero-order valence-corrected chi connectivity index (χ0v) is 22.9. The van der Waals surface area contributed by atoms with Crippen LogP contribution in [0.2, 0.25) is 0 Å². The number of fused-ring (bicyclic) bond motifs is 2. The lowest BCUT2D eigenvalue weighted by atomic mass is 9.99. The average Bonchev–Trinajstić information content (AvgIpc) is 3.28. The highest BCUT2D eigenvalue weighted by molar-refractivity contribution is 6.37. The number of rotatable bonds is 9. The van der Waals surface area contributed by atoms with Crippen LogP contribution in [0.25, 0.3) is 11.3 Å². The predicted octanol–water partition coefficient (Wildman–Crippen LogP) is 5.22. The van der Waals surface area contributed by atoms with Gasteiger partial charge in [0, 0.05) is 35.5 Å². The van der Waals surface area contributed by atoms with E-state index >= 15 is 0 Å². The summed E-state index contributed by atoms with van der Waals surface area (Å²) < 4.78 is 25.4. The fourth-order valence-electron chi connectivity index (χ4n) is 4.87. The summed E-state index contributed by atoms with van der Waals surface area (Å²) in [4.78, 5) is 29.8. The highest BCUT2D eigenvalue weighted by Gasteiger charge is 2.29. The van der Waals surface area contributed by atoms with Crippen LogP contribution in [0.3, 0.4) is 0 Å². The second-order valence-corrected chi connectivity index (χ2v) is 9.98. The number of hydrogen-bond donors (Lipinski definition) is 2. The Morgan fingerprint density at radius 1 is 0.975 bits per heavy atom. The van der Waals surface area contributed by atoms with Gasteiger partial charge in [0.2, 0.25) is 5.91 Å². The Morgan fingerprint density at radius 2 is 1.73 bits per heavy atom. The first-order valence-corrected chi connectivity index (χ1v) is 13.4. The minimum atomic E-state index is -0.429. The van der Waals surface area contributed by atoms with Gasteiger partial charge in [-0.05, 0) is 87.7 Å². The van der Waals surface area contributed by atoms with Gasteiger partial charge in [-0.15, -0.1) is 0 Å². The van der Waals surface area contributed by atoms with Crippen molar-refractivity contribution in [3.63, 3.8) is 0 Å². The molecule has 0 aliphatic carbocycles. The molecule has 0 spiro atoms. The number of ether oxygens (including phenoxy) is 2. The number of benzene rings is 3. The summed E-state index contributed by atoms with van der Waals surface area (Å²) in [6.07, 6.45) is 1.27. The van der Waals surface area contributed by atoms with Crippen LogP contribution in [0.15, 0.2) is 60.7 Å². The number of halogens is 1. The summed E-state index contributed by atoms with van der Waals surface area (Å²) in [7, 11) is 4.03. The molecule has 0 aromatic heterocycles. The molecule has 0 bridgehead atoms. The molecule has 2 heterocycles. The van der Waals surface area contributed by atoms with Gasteiger partial charge in [0.15, 0.2) is 11.5 Å². The maximum atomic E-state index is 13.9. The number of anilines is 3. The van der Waals surface area contributed by atoms with E-state index in [1.165, 1.54) is 12.1 Å². The largest absolute Gasteiger partial charge is 0.486 e. The molecular formula is C31H33FN4O4. The van der Waals surface area contributed by atoms with Crippen molar-refractivity contribution in [1.29, 1.82) is 0 Å². The van der Waals surface area contributed by atoms with E-state index in [0.29, 0.717) is 65.8 Å². The highest BCUT2D eigenvalue weighted by atomic mass is 19.1. The Bertz CT molecular complexity index is 1450. The van der Waals surface area contributed by atoms with Crippen molar-refractivity contribution in [2.75, 3.05) is 55.9 Å². The number of hydrogen-bond acceptors (Lipinski definition) is 6. The SMILES string of the molecule is CCC(=O)N(CCCN(C)C)c1ccc(NC(=C2C(=O)Nc3cc(F)ccc32)c2ccc3c(c2)OCCO3)cc1. The Labute approximate surface area is 233 Å². The van der Waals surface area contributed by atoms with Crippen LogP contribution in [0.5, 0.6) is 11.5 Å². The molecular weight excluding hydrogens is 511 g/mol. The molecule has 40 heavy (non-hydrogen) atoms. The van der Waals surface area contributed by atoms with Crippen molar-refractivity contribution >= 4 is 40.1 Å². The van der Waals surface area contributed by atoms with Crippen molar-refractivity contribution in [2.24, 2.45) is 0 Å². The van der Waals surface area contributed by atoms with Gasteiger partial charge >= 0.3 is 0 Å². The minimum Gasteiger partial charge on any atom is -0.486 e. The molecule has 2 N–H and O–H groups in total. The van der Waals surface area contributed by atoms with Gasteiger partial charge in [0.1, 0.15) is 19.0 Å². The molecule has 2 aliphatic heterocycles. The first-order valence-electron chi connectivity index (χ1n) is 13.4. The fraction of sp³-hybridized carbons (Fsp3) is 0.290. The van der Waals surface area contributed by atoms with Gasteiger partial charge in [-0.3, -0.25) is 9.59 Å². The van der Waals surface area contributed by atoms with E-state index in [1.807, 2.05) is 68.4 Å². The molecule has 0 radical (unpaired) electrons. The molecule has 0 unspecified atom stereocenters. The molecule has 0 fully saturated rings. The van der Waals surface area contributed by atoms with Crippen molar-refractivity contribution in [3.05, 3.63) is 77.6 Å². The van der Waals surface area contributed by atoms with Gasteiger partial charge in [-0.2, -0.15) is 0 Å². The lowest BCUT2D eigenvalue weighted by Gasteiger charge is -2.24. The number of nitrogens with zero attached hydrogens (tertiary/aromatic N) is 2. The third kappa shape index (κ3) is 5.79. The Hall–Kier alpha value is -4.37. The molecule has 0 atom stereocenters. The van der Waals surface area contributed by atoms with Crippen molar-refractivity contribution < 1.29 is 23.5 Å². The topological polar surface area (TPSA) is 83.1 Å². The lowest BCUT2D eigenvalue weighted by molar-refractivity contribution is -0.118. The van der Waals surface area contributed by atoms with Crippen LogP contribution in [0, 0.1) is 5.82 Å². The third-order valence-electron chi connectivity index (χ3n) is 6.85. The fourth-order valence-corrected chi connectivity index (χ4v) is 4.87. The number of carbonyl (C=O) groups is 2. The summed E-state index contributed by atoms with van der Waals surface area (Å²) in [6, 6.07) is 17.3. The number of carbonyl (C=O) groups excluding carboxylic acids is 2. The van der Waals surface area contributed by atoms with Crippen LogP contribution in [0.4, 0.5) is 21.5 Å². The van der Waals surface area contributed by atoms with E-state index in [-0.39, 0.29) is 11.8 Å². The molecule has 8 nitrogen and oxygen atoms in total. The van der Waals surface area contributed by atoms with E-state index in [2.05, 4.69) is 15.5 Å². The normalized spacial score (nSPS) is 15.0. The zero-order chi connectivity index (χ0) is 28.2. The van der Waals surface area contributed by atoms with Crippen LogP contribution < -0.4 is 25.0 Å². The maximum absolute atomic E-state index is 13.9. The third-order valence-corrected chi connectivity index (χ3v) is 6.85. The van der Waals surface area contributed by atoms with E-state index in [1.54, 1.807) is 6.07 Å². The van der Waals surface area contributed by atoms with Gasteiger partial charge in [-0.25, -0.2) is 4.39 Å². The molecule has 0 saturated carbocycles. The van der Waals surface area contributed by atoms with Crippen molar-refractivity contribution in [1.82, 2.24) is 4.90 Å². The number of nitrogens with one attached hydrogen (secondary N) is 2. The summed E-state index contributed by atoms with van der Waals surface area (Å²) in [5, 5.41) is 6.19. The highest BCUT2D eigenvalue weighted by Crippen LogP contribution is 2.40.